The smallest absolute Gasteiger partial charge is 0.304 e. The molecule has 11 heteroatoms. The van der Waals surface area contributed by atoms with Crippen LogP contribution in [0.3, 0.4) is 0 Å². The summed E-state index contributed by atoms with van der Waals surface area (Å²) in [7, 11) is -0.0252. The molecule has 2 saturated carbocycles. The van der Waals surface area contributed by atoms with Crippen LogP contribution >= 0.6 is 0 Å². The van der Waals surface area contributed by atoms with E-state index in [1.54, 1.807) is 13.2 Å². The van der Waals surface area contributed by atoms with Crippen LogP contribution in [0.1, 0.15) is 97.5 Å². The van der Waals surface area contributed by atoms with E-state index in [0.29, 0.717) is 43.2 Å². The van der Waals surface area contributed by atoms with Gasteiger partial charge in [-0.05, 0) is 99.4 Å². The molecule has 5 heterocycles. The molecule has 4 unspecified atom stereocenters. The third-order valence-electron chi connectivity index (χ3n) is 13.0. The predicted octanol–water partition coefficient (Wildman–Crippen LogP) is 5.23. The van der Waals surface area contributed by atoms with E-state index in [9.17, 15) is 18.0 Å². The molecule has 260 valence electrons. The summed E-state index contributed by atoms with van der Waals surface area (Å²) >= 11 is 0. The first-order valence-corrected chi connectivity index (χ1v) is 19.8. The van der Waals surface area contributed by atoms with Gasteiger partial charge >= 0.3 is 10.2 Å². The van der Waals surface area contributed by atoms with Crippen molar-refractivity contribution in [2.45, 2.75) is 94.7 Å². The molecule has 2 aliphatic carbocycles. The SMILES string of the molecule is COc1ccc2c(c1)C1CC1(C(=O)N1CC3CCC(C1)N3C)Cn1c-2c(C2CCCCC2)c2ccc(C(=O)NS(=O)(=O)N3CCCC3)cc21. The Kier molecular flexibility index (Phi) is 7.45. The van der Waals surface area contributed by atoms with Gasteiger partial charge in [-0.1, -0.05) is 25.3 Å². The number of amides is 2. The van der Waals surface area contributed by atoms with E-state index in [0.717, 1.165) is 85.9 Å². The number of fused-ring (bicyclic) bond motifs is 9. The molecule has 4 aliphatic heterocycles. The van der Waals surface area contributed by atoms with Crippen LogP contribution in [-0.2, 0) is 21.5 Å². The summed E-state index contributed by atoms with van der Waals surface area (Å²) in [6.07, 6.45) is 10.4. The van der Waals surface area contributed by atoms with Crippen LogP contribution in [0.4, 0.5) is 0 Å². The normalized spacial score (nSPS) is 28.5. The lowest BCUT2D eigenvalue weighted by atomic mass is 9.81. The summed E-state index contributed by atoms with van der Waals surface area (Å²) in [4.78, 5) is 33.1. The summed E-state index contributed by atoms with van der Waals surface area (Å²) in [6, 6.07) is 12.9. The number of benzene rings is 2. The Labute approximate surface area is 288 Å². The van der Waals surface area contributed by atoms with Gasteiger partial charge in [0.1, 0.15) is 5.75 Å². The second kappa shape index (κ2) is 11.6. The van der Waals surface area contributed by atoms with Gasteiger partial charge < -0.3 is 14.2 Å². The number of carbonyl (C=O) groups excluding carboxylic acids is 2. The first-order chi connectivity index (χ1) is 23.7. The average Bonchev–Trinajstić information content (AvgIpc) is 3.31. The highest BCUT2D eigenvalue weighted by atomic mass is 32.2. The Morgan fingerprint density at radius 1 is 0.918 bits per heavy atom. The van der Waals surface area contributed by atoms with Gasteiger partial charge in [0, 0.05) is 72.8 Å². The van der Waals surface area contributed by atoms with Gasteiger partial charge in [-0.25, -0.2) is 4.72 Å². The van der Waals surface area contributed by atoms with Crippen molar-refractivity contribution in [3.05, 3.63) is 53.1 Å². The molecule has 5 fully saturated rings. The molecule has 4 atom stereocenters. The predicted molar refractivity (Wildman–Crippen MR) is 188 cm³/mol. The molecule has 2 aromatic carbocycles. The van der Waals surface area contributed by atoms with Crippen molar-refractivity contribution in [2.24, 2.45) is 5.41 Å². The Bertz CT molecular complexity index is 1950. The Balaban J connectivity index is 1.19. The molecular weight excluding hydrogens is 639 g/mol. The number of hydrogen-bond donors (Lipinski definition) is 1. The summed E-state index contributed by atoms with van der Waals surface area (Å²) < 4.78 is 37.9. The maximum Gasteiger partial charge on any atom is 0.304 e. The molecule has 49 heavy (non-hydrogen) atoms. The standard InChI is InChI=1S/C38H47N5O5S/c1-40-26-11-12-27(40)22-41(21-26)37(45)38-20-32(38)31-19-28(48-2)13-15-29(31)35-34(24-8-4-3-5-9-24)30-14-10-25(18-33(30)43(35)23-38)36(44)39-49(46,47)42-16-6-7-17-42/h10,13-15,18-19,24,26-27,32H,3-9,11-12,16-17,20-23H2,1-2H3,(H,39,44). The lowest BCUT2D eigenvalue weighted by Gasteiger charge is -2.40. The van der Waals surface area contributed by atoms with Gasteiger partial charge in [0.2, 0.25) is 5.91 Å². The number of rotatable bonds is 6. The molecule has 0 radical (unpaired) electrons. The third kappa shape index (κ3) is 4.97. The molecule has 3 saturated heterocycles. The van der Waals surface area contributed by atoms with Crippen LogP contribution in [-0.4, -0.2) is 91.3 Å². The summed E-state index contributed by atoms with van der Waals surface area (Å²) in [5.74, 6) is 0.869. The number of hydrogen-bond acceptors (Lipinski definition) is 6. The van der Waals surface area contributed by atoms with E-state index in [-0.39, 0.29) is 11.8 Å². The minimum Gasteiger partial charge on any atom is -0.497 e. The average molecular weight is 686 g/mol. The molecule has 6 aliphatic rings. The second-order valence-electron chi connectivity index (χ2n) is 15.6. The third-order valence-corrected chi connectivity index (χ3v) is 14.5. The monoisotopic (exact) mass is 685 g/mol. The maximum absolute atomic E-state index is 14.9. The molecule has 3 aromatic rings. The number of nitrogens with one attached hydrogen (secondary N) is 1. The highest BCUT2D eigenvalue weighted by molar-refractivity contribution is 7.87. The van der Waals surface area contributed by atoms with Crippen molar-refractivity contribution >= 4 is 32.9 Å². The fraction of sp³-hybridized carbons (Fsp3) is 0.579. The van der Waals surface area contributed by atoms with E-state index in [2.05, 4.69) is 38.3 Å². The van der Waals surface area contributed by atoms with Crippen LogP contribution in [0.15, 0.2) is 36.4 Å². The highest BCUT2D eigenvalue weighted by Gasteiger charge is 2.64. The van der Waals surface area contributed by atoms with E-state index in [1.165, 1.54) is 34.7 Å². The van der Waals surface area contributed by atoms with Crippen LogP contribution < -0.4 is 9.46 Å². The minimum absolute atomic E-state index is 0.0775. The van der Waals surface area contributed by atoms with Crippen molar-refractivity contribution in [1.82, 2.24) is 23.4 Å². The van der Waals surface area contributed by atoms with Crippen LogP contribution in [0, 0.1) is 5.41 Å². The molecule has 10 nitrogen and oxygen atoms in total. The number of likely N-dealkylation sites (tertiary alicyclic amines) is 1. The first kappa shape index (κ1) is 31.6. The molecule has 1 aromatic heterocycles. The second-order valence-corrected chi connectivity index (χ2v) is 17.3. The van der Waals surface area contributed by atoms with Gasteiger partial charge in [-0.15, -0.1) is 0 Å². The van der Waals surface area contributed by atoms with Crippen molar-refractivity contribution in [3.63, 3.8) is 0 Å². The fourth-order valence-electron chi connectivity index (χ4n) is 10.2. The van der Waals surface area contributed by atoms with E-state index < -0.39 is 21.5 Å². The first-order valence-electron chi connectivity index (χ1n) is 18.4. The molecule has 2 bridgehead atoms. The van der Waals surface area contributed by atoms with Crippen LogP contribution in [0.5, 0.6) is 5.75 Å². The van der Waals surface area contributed by atoms with Gasteiger partial charge in [-0.3, -0.25) is 14.5 Å². The Morgan fingerprint density at radius 2 is 1.65 bits per heavy atom. The summed E-state index contributed by atoms with van der Waals surface area (Å²) in [5, 5.41) is 1.10. The van der Waals surface area contributed by atoms with Crippen molar-refractivity contribution < 1.29 is 22.7 Å². The van der Waals surface area contributed by atoms with E-state index in [4.69, 9.17) is 4.74 Å². The lowest BCUT2D eigenvalue weighted by Crippen LogP contribution is -2.55. The van der Waals surface area contributed by atoms with Gasteiger partial charge in [-0.2, -0.15) is 12.7 Å². The zero-order chi connectivity index (χ0) is 33.7. The lowest BCUT2D eigenvalue weighted by molar-refractivity contribution is -0.141. The molecular formula is C38H47N5O5S. The quantitative estimate of drug-likeness (QED) is 0.382. The maximum atomic E-state index is 14.9. The molecule has 0 spiro atoms. The van der Waals surface area contributed by atoms with Crippen molar-refractivity contribution in [3.8, 4) is 17.0 Å². The fourth-order valence-corrected chi connectivity index (χ4v) is 11.4. The van der Waals surface area contributed by atoms with Gasteiger partial charge in [0.25, 0.3) is 5.91 Å². The number of carbonyl (C=O) groups is 2. The number of nitrogens with zero attached hydrogens (tertiary/aromatic N) is 4. The topological polar surface area (TPSA) is 104 Å². The van der Waals surface area contributed by atoms with Gasteiger partial charge in [0.05, 0.1) is 18.2 Å². The number of ether oxygens (including phenoxy) is 1. The van der Waals surface area contributed by atoms with E-state index >= 15 is 0 Å². The van der Waals surface area contributed by atoms with E-state index in [1.807, 2.05) is 18.2 Å². The number of piperazine rings is 1. The summed E-state index contributed by atoms with van der Waals surface area (Å²) in [6.45, 7) is 2.93. The number of likely N-dealkylation sites (N-methyl/N-ethyl adjacent to an activating group) is 1. The molecule has 2 amide bonds. The van der Waals surface area contributed by atoms with Gasteiger partial charge in [0.15, 0.2) is 0 Å². The minimum atomic E-state index is -3.92. The van der Waals surface area contributed by atoms with Crippen molar-refractivity contribution in [2.75, 3.05) is 40.3 Å². The Morgan fingerprint density at radius 3 is 2.37 bits per heavy atom. The zero-order valence-corrected chi connectivity index (χ0v) is 29.4. The summed E-state index contributed by atoms with van der Waals surface area (Å²) in [5.41, 5.74) is 5.41. The molecule has 9 rings (SSSR count). The van der Waals surface area contributed by atoms with Crippen molar-refractivity contribution in [1.29, 1.82) is 0 Å². The Hall–Kier alpha value is -3.41. The highest BCUT2D eigenvalue weighted by Crippen LogP contribution is 2.66. The van der Waals surface area contributed by atoms with Crippen LogP contribution in [0.2, 0.25) is 0 Å². The number of aromatic nitrogens is 1. The molecule has 1 N–H and O–H groups in total. The van der Waals surface area contributed by atoms with Crippen LogP contribution in [0.25, 0.3) is 22.2 Å². The zero-order valence-electron chi connectivity index (χ0n) is 28.6. The largest absolute Gasteiger partial charge is 0.497 e. The number of methoxy groups -OCH3 is 1.